The molecule has 41 heavy (non-hydrogen) atoms. The molecule has 13 heteroatoms. The maximum Gasteiger partial charge on any atom is 0.319 e. The number of alkyl halides is 1. The molecule has 0 radical (unpaired) electrons. The molecular weight excluding hydrogens is 591 g/mol. The van der Waals surface area contributed by atoms with Gasteiger partial charge >= 0.3 is 6.01 Å². The first-order valence-electron chi connectivity index (χ1n) is 14.4. The molecule has 5 rings (SSSR count). The third-order valence-electron chi connectivity index (χ3n) is 9.57. The van der Waals surface area contributed by atoms with Crippen LogP contribution in [0.5, 0.6) is 6.01 Å². The summed E-state index contributed by atoms with van der Waals surface area (Å²) in [5.41, 5.74) is -1.57. The van der Waals surface area contributed by atoms with Gasteiger partial charge in [-0.15, -0.1) is 0 Å². The van der Waals surface area contributed by atoms with E-state index < -0.39 is 36.6 Å². The van der Waals surface area contributed by atoms with E-state index in [9.17, 15) is 9.50 Å². The molecule has 228 valence electrons. The Morgan fingerprint density at radius 2 is 1.88 bits per heavy atom. The topological polar surface area (TPSA) is 83.8 Å². The van der Waals surface area contributed by atoms with Crippen molar-refractivity contribution in [2.24, 2.45) is 0 Å². The number of anilines is 1. The second-order valence-electron chi connectivity index (χ2n) is 13.8. The maximum atomic E-state index is 15.5. The Morgan fingerprint density at radius 1 is 1.15 bits per heavy atom. The SMILES string of the molecule is CC(C)(C)[Si](C)(C)OC[C@@H]1CC[C@](C)(O)CN1c1nc(OC[C@@]23CCCN2C[C@H](F)C3)nc2c(F)c(Cl)nc(Cl)c12. The van der Waals surface area contributed by atoms with Crippen molar-refractivity contribution in [3.8, 4) is 6.01 Å². The molecule has 5 heterocycles. The van der Waals surface area contributed by atoms with Crippen molar-refractivity contribution < 1.29 is 23.1 Å². The van der Waals surface area contributed by atoms with Crippen LogP contribution in [0.25, 0.3) is 10.9 Å². The fourth-order valence-electron chi connectivity index (χ4n) is 6.14. The third-order valence-corrected chi connectivity index (χ3v) is 14.6. The molecule has 0 aliphatic carbocycles. The summed E-state index contributed by atoms with van der Waals surface area (Å²) in [5, 5.41) is 10.9. The lowest BCUT2D eigenvalue weighted by Gasteiger charge is -2.45. The smallest absolute Gasteiger partial charge is 0.319 e. The predicted octanol–water partition coefficient (Wildman–Crippen LogP) is 6.17. The highest BCUT2D eigenvalue weighted by Crippen LogP contribution is 2.43. The third kappa shape index (κ3) is 6.04. The average Bonchev–Trinajstić information content (AvgIpc) is 3.39. The zero-order valence-corrected chi connectivity index (χ0v) is 27.2. The second-order valence-corrected chi connectivity index (χ2v) is 19.3. The standard InChI is InChI=1S/C28H41Cl2F2N5O3Si/c1-26(2,3)41(5,6)40-14-18-8-10-27(4,38)15-37(18)24-19-21(20(32)23(30)34-22(19)29)33-25(35-24)39-16-28-9-7-11-36(28)13-17(31)12-28/h17-18,38H,7-16H2,1-6H3/t17-,18+,27+,28+/m1/s1. The maximum absolute atomic E-state index is 15.5. The van der Waals surface area contributed by atoms with E-state index in [0.29, 0.717) is 38.2 Å². The van der Waals surface area contributed by atoms with Gasteiger partial charge in [0.1, 0.15) is 29.3 Å². The number of rotatable bonds is 7. The minimum atomic E-state index is -2.09. The molecular formula is C28H41Cl2F2N5O3Si. The molecule has 0 spiro atoms. The highest BCUT2D eigenvalue weighted by molar-refractivity contribution is 6.74. The minimum Gasteiger partial charge on any atom is -0.461 e. The number of piperidine rings is 1. The van der Waals surface area contributed by atoms with Crippen LogP contribution in [0.3, 0.4) is 0 Å². The molecule has 0 unspecified atom stereocenters. The lowest BCUT2D eigenvalue weighted by molar-refractivity contribution is 0.0310. The van der Waals surface area contributed by atoms with Gasteiger partial charge in [0.2, 0.25) is 0 Å². The molecule has 0 saturated carbocycles. The van der Waals surface area contributed by atoms with Crippen molar-refractivity contribution in [3.05, 3.63) is 16.1 Å². The Hall–Kier alpha value is -1.37. The number of hydrogen-bond donors (Lipinski definition) is 1. The van der Waals surface area contributed by atoms with Gasteiger partial charge in [0.05, 0.1) is 29.2 Å². The highest BCUT2D eigenvalue weighted by atomic mass is 35.5. The van der Waals surface area contributed by atoms with E-state index in [4.69, 9.17) is 37.3 Å². The molecule has 0 bridgehead atoms. The first-order chi connectivity index (χ1) is 19.0. The summed E-state index contributed by atoms with van der Waals surface area (Å²) in [7, 11) is -2.09. The summed E-state index contributed by atoms with van der Waals surface area (Å²) in [6.07, 6.45) is 2.43. The summed E-state index contributed by atoms with van der Waals surface area (Å²) in [6.45, 7) is 14.7. The number of hydrogen-bond acceptors (Lipinski definition) is 8. The van der Waals surface area contributed by atoms with Gasteiger partial charge in [-0.05, 0) is 57.3 Å². The number of aromatic nitrogens is 3. The van der Waals surface area contributed by atoms with E-state index in [2.05, 4.69) is 48.7 Å². The normalized spacial score (nSPS) is 29.4. The van der Waals surface area contributed by atoms with E-state index in [1.807, 2.05) is 4.90 Å². The zero-order valence-electron chi connectivity index (χ0n) is 24.7. The Labute approximate surface area is 251 Å². The van der Waals surface area contributed by atoms with Crippen LogP contribution >= 0.6 is 23.2 Å². The predicted molar refractivity (Wildman–Crippen MR) is 160 cm³/mol. The summed E-state index contributed by atoms with van der Waals surface area (Å²) in [6, 6.07) is -0.223. The van der Waals surface area contributed by atoms with E-state index >= 15 is 4.39 Å². The van der Waals surface area contributed by atoms with Crippen LogP contribution in [0.4, 0.5) is 14.6 Å². The highest BCUT2D eigenvalue weighted by Gasteiger charge is 2.49. The quantitative estimate of drug-likeness (QED) is 0.287. The van der Waals surface area contributed by atoms with Crippen LogP contribution in [0.1, 0.15) is 59.8 Å². The van der Waals surface area contributed by atoms with Crippen molar-refractivity contribution in [3.63, 3.8) is 0 Å². The van der Waals surface area contributed by atoms with Gasteiger partial charge in [-0.25, -0.2) is 13.8 Å². The Kier molecular flexibility index (Phi) is 8.31. The molecule has 0 amide bonds. The second kappa shape index (κ2) is 11.0. The van der Waals surface area contributed by atoms with Gasteiger partial charge in [-0.3, -0.25) is 4.90 Å². The number of pyridine rings is 1. The van der Waals surface area contributed by atoms with Gasteiger partial charge in [0.25, 0.3) is 0 Å². The molecule has 3 aliphatic rings. The average molecular weight is 633 g/mol. The van der Waals surface area contributed by atoms with Gasteiger partial charge in [0, 0.05) is 19.5 Å². The van der Waals surface area contributed by atoms with Gasteiger partial charge < -0.3 is 19.2 Å². The van der Waals surface area contributed by atoms with Crippen LogP contribution in [-0.2, 0) is 4.43 Å². The number of fused-ring (bicyclic) bond motifs is 2. The van der Waals surface area contributed by atoms with E-state index in [1.165, 1.54) is 0 Å². The van der Waals surface area contributed by atoms with Gasteiger partial charge in [-0.2, -0.15) is 9.97 Å². The molecule has 8 nitrogen and oxygen atoms in total. The van der Waals surface area contributed by atoms with E-state index in [-0.39, 0.29) is 46.3 Å². The first-order valence-corrected chi connectivity index (χ1v) is 18.1. The van der Waals surface area contributed by atoms with E-state index in [0.717, 1.165) is 19.4 Å². The number of nitrogens with zero attached hydrogens (tertiary/aromatic N) is 5. The van der Waals surface area contributed by atoms with Crippen molar-refractivity contribution in [2.75, 3.05) is 37.7 Å². The number of β-amino-alcohol motifs (C(OH)–C–C–N with tert-alkyl or cyclic N) is 1. The molecule has 4 atom stereocenters. The fraction of sp³-hybridized carbons (Fsp3) is 0.750. The largest absolute Gasteiger partial charge is 0.461 e. The van der Waals surface area contributed by atoms with Crippen LogP contribution in [0.2, 0.25) is 28.4 Å². The fourth-order valence-corrected chi connectivity index (χ4v) is 7.66. The molecule has 0 aromatic carbocycles. The number of ether oxygens (including phenoxy) is 1. The molecule has 1 N–H and O–H groups in total. The van der Waals surface area contributed by atoms with Gasteiger partial charge in [-0.1, -0.05) is 44.0 Å². The van der Waals surface area contributed by atoms with Crippen LogP contribution in [-0.4, -0.2) is 89.5 Å². The molecule has 3 fully saturated rings. The van der Waals surface area contributed by atoms with Crippen LogP contribution < -0.4 is 9.64 Å². The minimum absolute atomic E-state index is 0.0140. The van der Waals surface area contributed by atoms with Crippen molar-refractivity contribution in [2.45, 2.75) is 101 Å². The Morgan fingerprint density at radius 3 is 2.59 bits per heavy atom. The van der Waals surface area contributed by atoms with Crippen molar-refractivity contribution >= 4 is 48.2 Å². The lowest BCUT2D eigenvalue weighted by Crippen LogP contribution is -2.55. The lowest BCUT2D eigenvalue weighted by atomic mass is 9.90. The van der Waals surface area contributed by atoms with Crippen LogP contribution in [0, 0.1) is 5.82 Å². The van der Waals surface area contributed by atoms with Crippen molar-refractivity contribution in [1.29, 1.82) is 0 Å². The zero-order chi connectivity index (χ0) is 30.0. The first kappa shape index (κ1) is 31.1. The Balaban J connectivity index is 1.55. The molecule has 2 aromatic rings. The summed E-state index contributed by atoms with van der Waals surface area (Å²) in [5.74, 6) is -0.528. The molecule has 3 aliphatic heterocycles. The number of aliphatic hydroxyl groups is 1. The monoisotopic (exact) mass is 631 g/mol. The summed E-state index contributed by atoms with van der Waals surface area (Å²) < 4.78 is 42.6. The van der Waals surface area contributed by atoms with E-state index in [1.54, 1.807) is 6.92 Å². The summed E-state index contributed by atoms with van der Waals surface area (Å²) in [4.78, 5) is 17.2. The molecule has 2 aromatic heterocycles. The van der Waals surface area contributed by atoms with Crippen LogP contribution in [0.15, 0.2) is 0 Å². The van der Waals surface area contributed by atoms with Crippen molar-refractivity contribution in [1.82, 2.24) is 19.9 Å². The summed E-state index contributed by atoms with van der Waals surface area (Å²) >= 11 is 12.6. The number of halogens is 4. The molecule has 3 saturated heterocycles. The Bertz CT molecular complexity index is 1310. The van der Waals surface area contributed by atoms with Gasteiger partial charge in [0.15, 0.2) is 19.3 Å².